The number of H-pyrrole nitrogens is 1. The standard InChI is InChI=1S/C11H10ClN5/c1-7(11-14-6-15-17-11)16-9-3-2-8(5-13)10(12)4-9/h2-4,6-7,16H,1H3,(H,14,15,17). The van der Waals surface area contributed by atoms with Crippen LogP contribution in [0.25, 0.3) is 0 Å². The van der Waals surface area contributed by atoms with Crippen LogP contribution in [0.1, 0.15) is 24.4 Å². The lowest BCUT2D eigenvalue weighted by Crippen LogP contribution is -2.08. The Morgan fingerprint density at radius 2 is 2.35 bits per heavy atom. The zero-order valence-corrected chi connectivity index (χ0v) is 9.86. The molecule has 0 amide bonds. The maximum atomic E-state index is 8.76. The van der Waals surface area contributed by atoms with E-state index in [9.17, 15) is 0 Å². The van der Waals surface area contributed by atoms with Gasteiger partial charge in [-0.2, -0.15) is 10.4 Å². The van der Waals surface area contributed by atoms with Crippen LogP contribution in [-0.2, 0) is 0 Å². The van der Waals surface area contributed by atoms with E-state index in [-0.39, 0.29) is 6.04 Å². The largest absolute Gasteiger partial charge is 0.375 e. The van der Waals surface area contributed by atoms with Crippen molar-refractivity contribution in [3.63, 3.8) is 0 Å². The first-order valence-electron chi connectivity index (χ1n) is 5.02. The van der Waals surface area contributed by atoms with Crippen LogP contribution < -0.4 is 5.32 Å². The SMILES string of the molecule is CC(Nc1ccc(C#N)c(Cl)c1)c1ncn[nH]1. The van der Waals surface area contributed by atoms with Crippen molar-refractivity contribution in [2.75, 3.05) is 5.32 Å². The maximum absolute atomic E-state index is 8.76. The summed E-state index contributed by atoms with van der Waals surface area (Å²) >= 11 is 5.94. The van der Waals surface area contributed by atoms with Gasteiger partial charge in [0.15, 0.2) is 0 Å². The Morgan fingerprint density at radius 1 is 1.53 bits per heavy atom. The second-order valence-electron chi connectivity index (χ2n) is 3.54. The predicted molar refractivity (Wildman–Crippen MR) is 64.6 cm³/mol. The number of halogens is 1. The number of rotatable bonds is 3. The van der Waals surface area contributed by atoms with Crippen molar-refractivity contribution in [2.24, 2.45) is 0 Å². The van der Waals surface area contributed by atoms with Crippen molar-refractivity contribution in [1.82, 2.24) is 15.2 Å². The molecule has 0 aliphatic heterocycles. The van der Waals surface area contributed by atoms with E-state index < -0.39 is 0 Å². The van der Waals surface area contributed by atoms with Crippen molar-refractivity contribution in [2.45, 2.75) is 13.0 Å². The first-order valence-corrected chi connectivity index (χ1v) is 5.40. The Labute approximate surface area is 103 Å². The van der Waals surface area contributed by atoms with Crippen molar-refractivity contribution in [3.05, 3.63) is 40.9 Å². The molecule has 86 valence electrons. The molecule has 0 spiro atoms. The molecule has 0 aliphatic rings. The minimum Gasteiger partial charge on any atom is -0.375 e. The molecular formula is C11H10ClN5. The first-order chi connectivity index (χ1) is 8.20. The average molecular weight is 248 g/mol. The smallest absolute Gasteiger partial charge is 0.146 e. The lowest BCUT2D eigenvalue weighted by Gasteiger charge is -2.12. The Morgan fingerprint density at radius 3 is 2.94 bits per heavy atom. The Kier molecular flexibility index (Phi) is 3.26. The fourth-order valence-electron chi connectivity index (χ4n) is 1.44. The highest BCUT2D eigenvalue weighted by molar-refractivity contribution is 6.32. The number of hydrogen-bond donors (Lipinski definition) is 2. The quantitative estimate of drug-likeness (QED) is 0.874. The Hall–Kier alpha value is -2.06. The third-order valence-corrected chi connectivity index (χ3v) is 2.63. The lowest BCUT2D eigenvalue weighted by molar-refractivity contribution is 0.796. The molecular weight excluding hydrogens is 238 g/mol. The summed E-state index contributed by atoms with van der Waals surface area (Å²) in [6.45, 7) is 1.95. The topological polar surface area (TPSA) is 77.4 Å². The van der Waals surface area contributed by atoms with Gasteiger partial charge in [0, 0.05) is 5.69 Å². The van der Waals surface area contributed by atoms with Gasteiger partial charge in [-0.3, -0.25) is 5.10 Å². The molecule has 5 nitrogen and oxygen atoms in total. The van der Waals surface area contributed by atoms with E-state index in [1.165, 1.54) is 6.33 Å². The molecule has 2 rings (SSSR count). The highest BCUT2D eigenvalue weighted by atomic mass is 35.5. The molecule has 2 N–H and O–H groups in total. The fourth-order valence-corrected chi connectivity index (χ4v) is 1.66. The molecule has 6 heteroatoms. The number of nitrogens with one attached hydrogen (secondary N) is 2. The number of aromatic nitrogens is 3. The highest BCUT2D eigenvalue weighted by Gasteiger charge is 2.08. The van der Waals surface area contributed by atoms with Gasteiger partial charge in [0.05, 0.1) is 16.6 Å². The van der Waals surface area contributed by atoms with E-state index in [4.69, 9.17) is 16.9 Å². The van der Waals surface area contributed by atoms with Crippen molar-refractivity contribution >= 4 is 17.3 Å². The van der Waals surface area contributed by atoms with E-state index >= 15 is 0 Å². The molecule has 1 aromatic heterocycles. The third-order valence-electron chi connectivity index (χ3n) is 2.32. The number of aromatic amines is 1. The summed E-state index contributed by atoms with van der Waals surface area (Å²) in [6, 6.07) is 7.20. The fraction of sp³-hybridized carbons (Fsp3) is 0.182. The number of anilines is 1. The van der Waals surface area contributed by atoms with Gasteiger partial charge in [0.25, 0.3) is 0 Å². The van der Waals surface area contributed by atoms with Crippen LogP contribution in [0.4, 0.5) is 5.69 Å². The van der Waals surface area contributed by atoms with Gasteiger partial charge in [-0.25, -0.2) is 4.98 Å². The van der Waals surface area contributed by atoms with E-state index in [1.54, 1.807) is 18.2 Å². The summed E-state index contributed by atoms with van der Waals surface area (Å²) < 4.78 is 0. The Bertz CT molecular complexity index is 543. The minimum atomic E-state index is -0.0125. The van der Waals surface area contributed by atoms with Gasteiger partial charge in [-0.05, 0) is 25.1 Å². The molecule has 0 radical (unpaired) electrons. The number of hydrogen-bond acceptors (Lipinski definition) is 4. The average Bonchev–Trinajstić information content (AvgIpc) is 2.82. The maximum Gasteiger partial charge on any atom is 0.146 e. The zero-order chi connectivity index (χ0) is 12.3. The summed E-state index contributed by atoms with van der Waals surface area (Å²) in [5, 5.41) is 19.0. The van der Waals surface area contributed by atoms with E-state index in [2.05, 4.69) is 20.5 Å². The number of nitrogens with zero attached hydrogens (tertiary/aromatic N) is 3. The van der Waals surface area contributed by atoms with Crippen LogP contribution in [0.15, 0.2) is 24.5 Å². The van der Waals surface area contributed by atoms with E-state index in [0.29, 0.717) is 10.6 Å². The Balaban J connectivity index is 2.15. The number of benzene rings is 1. The van der Waals surface area contributed by atoms with Crippen LogP contribution in [0.5, 0.6) is 0 Å². The van der Waals surface area contributed by atoms with Gasteiger partial charge in [0.1, 0.15) is 18.2 Å². The molecule has 0 saturated carbocycles. The molecule has 1 heterocycles. The van der Waals surface area contributed by atoms with Crippen LogP contribution in [0, 0.1) is 11.3 Å². The first kappa shape index (κ1) is 11.4. The second-order valence-corrected chi connectivity index (χ2v) is 3.95. The van der Waals surface area contributed by atoms with Crippen LogP contribution in [0.2, 0.25) is 5.02 Å². The van der Waals surface area contributed by atoms with Gasteiger partial charge >= 0.3 is 0 Å². The predicted octanol–water partition coefficient (Wildman–Crippen LogP) is 2.50. The van der Waals surface area contributed by atoms with Crippen molar-refractivity contribution in [1.29, 1.82) is 5.26 Å². The molecule has 0 bridgehead atoms. The van der Waals surface area contributed by atoms with Gasteiger partial charge in [0.2, 0.25) is 0 Å². The minimum absolute atomic E-state index is 0.0125. The molecule has 1 aromatic carbocycles. The molecule has 0 fully saturated rings. The van der Waals surface area contributed by atoms with Crippen LogP contribution >= 0.6 is 11.6 Å². The van der Waals surface area contributed by atoms with Gasteiger partial charge in [-0.1, -0.05) is 11.6 Å². The van der Waals surface area contributed by atoms with E-state index in [0.717, 1.165) is 11.5 Å². The summed E-state index contributed by atoms with van der Waals surface area (Å²) in [7, 11) is 0. The van der Waals surface area contributed by atoms with E-state index in [1.807, 2.05) is 13.0 Å². The molecule has 1 atom stereocenters. The summed E-state index contributed by atoms with van der Waals surface area (Å²) in [5.41, 5.74) is 1.29. The summed E-state index contributed by atoms with van der Waals surface area (Å²) in [4.78, 5) is 4.05. The summed E-state index contributed by atoms with van der Waals surface area (Å²) in [6.07, 6.45) is 1.46. The molecule has 0 saturated heterocycles. The molecule has 17 heavy (non-hydrogen) atoms. The monoisotopic (exact) mass is 247 g/mol. The van der Waals surface area contributed by atoms with Crippen molar-refractivity contribution < 1.29 is 0 Å². The molecule has 0 aliphatic carbocycles. The highest BCUT2D eigenvalue weighted by Crippen LogP contribution is 2.22. The van der Waals surface area contributed by atoms with Gasteiger partial charge in [-0.15, -0.1) is 0 Å². The summed E-state index contributed by atoms with van der Waals surface area (Å²) in [5.74, 6) is 0.741. The lowest BCUT2D eigenvalue weighted by atomic mass is 10.2. The molecule has 1 unspecified atom stereocenters. The normalized spacial score (nSPS) is 11.8. The van der Waals surface area contributed by atoms with Gasteiger partial charge < -0.3 is 5.32 Å². The van der Waals surface area contributed by atoms with Crippen LogP contribution in [0.3, 0.4) is 0 Å². The second kappa shape index (κ2) is 4.85. The van der Waals surface area contributed by atoms with Crippen molar-refractivity contribution in [3.8, 4) is 6.07 Å². The zero-order valence-electron chi connectivity index (χ0n) is 9.11. The molecule has 2 aromatic rings. The number of nitriles is 1. The van der Waals surface area contributed by atoms with Crippen LogP contribution in [-0.4, -0.2) is 15.2 Å². The third kappa shape index (κ3) is 2.55.